The van der Waals surface area contributed by atoms with E-state index < -0.39 is 11.8 Å². The molecule has 0 aliphatic carbocycles. The molecule has 0 atom stereocenters. The molecule has 1 N–H and O–H groups in total. The summed E-state index contributed by atoms with van der Waals surface area (Å²) in [6.07, 6.45) is 1.44. The molecule has 3 rings (SSSR count). The van der Waals surface area contributed by atoms with E-state index in [-0.39, 0.29) is 10.7 Å². The second-order valence-electron chi connectivity index (χ2n) is 7.15. The predicted octanol–water partition coefficient (Wildman–Crippen LogP) is 3.67. The van der Waals surface area contributed by atoms with Crippen molar-refractivity contribution in [1.82, 2.24) is 5.32 Å². The van der Waals surface area contributed by atoms with Crippen molar-refractivity contribution < 1.29 is 23.8 Å². The molecule has 2 amide bonds. The van der Waals surface area contributed by atoms with Crippen molar-refractivity contribution in [2.45, 2.75) is 19.8 Å². The van der Waals surface area contributed by atoms with E-state index in [0.29, 0.717) is 34.4 Å². The van der Waals surface area contributed by atoms with Crippen LogP contribution in [-0.2, 0) is 9.59 Å². The first-order valence-electron chi connectivity index (χ1n) is 9.62. The van der Waals surface area contributed by atoms with Crippen LogP contribution >= 0.6 is 12.2 Å². The van der Waals surface area contributed by atoms with Crippen molar-refractivity contribution in [3.05, 3.63) is 53.1 Å². The molecule has 1 fully saturated rings. The molecular weight excluding hydrogens is 416 g/mol. The second-order valence-corrected chi connectivity index (χ2v) is 7.54. The summed E-state index contributed by atoms with van der Waals surface area (Å²) >= 11 is 5.28. The zero-order chi connectivity index (χ0) is 22.7. The number of carbonyl (C=O) groups excluding carboxylic acids is 2. The van der Waals surface area contributed by atoms with E-state index in [1.165, 1.54) is 32.3 Å². The highest BCUT2D eigenvalue weighted by molar-refractivity contribution is 7.80. The summed E-state index contributed by atoms with van der Waals surface area (Å²) in [7, 11) is 4.49. The third-order valence-corrected chi connectivity index (χ3v) is 5.25. The number of hydrogen-bond donors (Lipinski definition) is 1. The highest BCUT2D eigenvalue weighted by Crippen LogP contribution is 2.36. The Kier molecular flexibility index (Phi) is 6.60. The van der Waals surface area contributed by atoms with Crippen LogP contribution in [-0.4, -0.2) is 38.3 Å². The van der Waals surface area contributed by atoms with Gasteiger partial charge in [0.15, 0.2) is 5.11 Å². The lowest BCUT2D eigenvalue weighted by Crippen LogP contribution is -2.54. The van der Waals surface area contributed by atoms with Gasteiger partial charge in [-0.25, -0.2) is 0 Å². The van der Waals surface area contributed by atoms with Crippen LogP contribution < -0.4 is 24.4 Å². The Hall–Kier alpha value is -3.39. The van der Waals surface area contributed by atoms with E-state index in [9.17, 15) is 9.59 Å². The summed E-state index contributed by atoms with van der Waals surface area (Å²) in [6.45, 7) is 4.17. The van der Waals surface area contributed by atoms with Gasteiger partial charge in [-0.2, -0.15) is 0 Å². The third-order valence-electron chi connectivity index (χ3n) is 4.96. The largest absolute Gasteiger partial charge is 0.496 e. The molecule has 1 saturated heterocycles. The van der Waals surface area contributed by atoms with Crippen molar-refractivity contribution in [2.24, 2.45) is 0 Å². The number of nitrogens with zero attached hydrogens (tertiary/aromatic N) is 1. The van der Waals surface area contributed by atoms with Crippen LogP contribution in [0.4, 0.5) is 5.69 Å². The van der Waals surface area contributed by atoms with Gasteiger partial charge < -0.3 is 14.2 Å². The van der Waals surface area contributed by atoms with E-state index >= 15 is 0 Å². The number of carbonyl (C=O) groups is 2. The second kappa shape index (κ2) is 9.18. The van der Waals surface area contributed by atoms with E-state index in [4.69, 9.17) is 26.4 Å². The van der Waals surface area contributed by atoms with E-state index in [0.717, 1.165) is 5.56 Å². The van der Waals surface area contributed by atoms with Gasteiger partial charge in [0.2, 0.25) is 0 Å². The highest BCUT2D eigenvalue weighted by atomic mass is 32.1. The molecular formula is C23H24N2O5S. The van der Waals surface area contributed by atoms with Crippen LogP contribution in [0.5, 0.6) is 17.2 Å². The maximum absolute atomic E-state index is 13.3. The Labute approximate surface area is 186 Å². The lowest BCUT2D eigenvalue weighted by Gasteiger charge is -2.29. The fourth-order valence-corrected chi connectivity index (χ4v) is 3.50. The van der Waals surface area contributed by atoms with Gasteiger partial charge in [0.05, 0.1) is 32.6 Å². The van der Waals surface area contributed by atoms with Gasteiger partial charge in [-0.15, -0.1) is 0 Å². The van der Waals surface area contributed by atoms with Crippen molar-refractivity contribution >= 4 is 40.9 Å². The maximum atomic E-state index is 13.3. The van der Waals surface area contributed by atoms with Gasteiger partial charge >= 0.3 is 0 Å². The Morgan fingerprint density at radius 1 is 0.968 bits per heavy atom. The molecule has 1 aliphatic rings. The summed E-state index contributed by atoms with van der Waals surface area (Å²) in [6, 6.07) is 10.8. The quantitative estimate of drug-likeness (QED) is 0.420. The van der Waals surface area contributed by atoms with Gasteiger partial charge in [0, 0.05) is 12.1 Å². The topological polar surface area (TPSA) is 77.1 Å². The normalized spacial score (nSPS) is 15.4. The summed E-state index contributed by atoms with van der Waals surface area (Å²) in [4.78, 5) is 27.2. The lowest BCUT2D eigenvalue weighted by molar-refractivity contribution is -0.122. The lowest BCUT2D eigenvalue weighted by atomic mass is 10.0. The Morgan fingerprint density at radius 3 is 2.03 bits per heavy atom. The van der Waals surface area contributed by atoms with Crippen molar-refractivity contribution in [3.8, 4) is 17.2 Å². The van der Waals surface area contributed by atoms with Gasteiger partial charge in [0.25, 0.3) is 11.8 Å². The molecule has 2 aromatic rings. The number of benzene rings is 2. The van der Waals surface area contributed by atoms with E-state index in [1.807, 2.05) is 24.3 Å². The van der Waals surface area contributed by atoms with Gasteiger partial charge in [-0.1, -0.05) is 26.0 Å². The molecule has 1 heterocycles. The van der Waals surface area contributed by atoms with Crippen LogP contribution in [0.25, 0.3) is 6.08 Å². The van der Waals surface area contributed by atoms with Crippen LogP contribution in [0, 0.1) is 0 Å². The average Bonchev–Trinajstić information content (AvgIpc) is 2.76. The highest BCUT2D eigenvalue weighted by Gasteiger charge is 2.35. The molecule has 1 aliphatic heterocycles. The van der Waals surface area contributed by atoms with Gasteiger partial charge in [-0.05, 0) is 41.9 Å². The summed E-state index contributed by atoms with van der Waals surface area (Å²) < 4.78 is 16.1. The minimum atomic E-state index is -0.593. The SMILES string of the molecule is COc1cc(OC)c(/C=C2\C(=O)NC(=S)N(c3ccc(C(C)C)cc3)C2=O)c(OC)c1. The fourth-order valence-electron chi connectivity index (χ4n) is 3.22. The molecule has 0 saturated carbocycles. The Balaban J connectivity index is 2.07. The minimum absolute atomic E-state index is 0.0260. The molecule has 31 heavy (non-hydrogen) atoms. The minimum Gasteiger partial charge on any atom is -0.496 e. The van der Waals surface area contributed by atoms with E-state index in [1.54, 1.807) is 12.1 Å². The number of rotatable bonds is 6. The van der Waals surface area contributed by atoms with Crippen LogP contribution in [0.3, 0.4) is 0 Å². The van der Waals surface area contributed by atoms with Crippen LogP contribution in [0.15, 0.2) is 42.0 Å². The van der Waals surface area contributed by atoms with E-state index in [2.05, 4.69) is 19.2 Å². The average molecular weight is 441 g/mol. The smallest absolute Gasteiger partial charge is 0.270 e. The number of anilines is 1. The zero-order valence-electron chi connectivity index (χ0n) is 18.0. The molecule has 0 bridgehead atoms. The Morgan fingerprint density at radius 2 is 1.55 bits per heavy atom. The first-order chi connectivity index (χ1) is 14.8. The molecule has 2 aromatic carbocycles. The van der Waals surface area contributed by atoms with Gasteiger partial charge in [0.1, 0.15) is 22.8 Å². The van der Waals surface area contributed by atoms with Gasteiger partial charge in [-0.3, -0.25) is 19.8 Å². The number of thiocarbonyl (C=S) groups is 1. The first-order valence-corrected chi connectivity index (χ1v) is 10.0. The molecule has 162 valence electrons. The first kappa shape index (κ1) is 22.3. The summed E-state index contributed by atoms with van der Waals surface area (Å²) in [5, 5.41) is 2.61. The monoisotopic (exact) mass is 440 g/mol. The third kappa shape index (κ3) is 4.39. The van der Waals surface area contributed by atoms with Crippen molar-refractivity contribution in [1.29, 1.82) is 0 Å². The zero-order valence-corrected chi connectivity index (χ0v) is 18.8. The molecule has 0 spiro atoms. The number of methoxy groups -OCH3 is 3. The predicted molar refractivity (Wildman–Crippen MR) is 123 cm³/mol. The Bertz CT molecular complexity index is 1040. The molecule has 0 aromatic heterocycles. The van der Waals surface area contributed by atoms with Crippen molar-refractivity contribution in [2.75, 3.05) is 26.2 Å². The summed E-state index contributed by atoms with van der Waals surface area (Å²) in [5.41, 5.74) is 2.04. The molecule has 7 nitrogen and oxygen atoms in total. The maximum Gasteiger partial charge on any atom is 0.270 e. The molecule has 0 unspecified atom stereocenters. The number of amides is 2. The fraction of sp³-hybridized carbons (Fsp3) is 0.261. The number of ether oxygens (including phenoxy) is 3. The standard InChI is InChI=1S/C23H24N2O5S/c1-13(2)14-6-8-15(9-7-14)25-22(27)18(21(26)24-23(25)31)12-17-19(29-4)10-16(28-3)11-20(17)30-5/h6-13H,1-5H3,(H,24,26,31)/b18-12+. The van der Waals surface area contributed by atoms with Crippen molar-refractivity contribution in [3.63, 3.8) is 0 Å². The number of nitrogens with one attached hydrogen (secondary N) is 1. The number of hydrogen-bond acceptors (Lipinski definition) is 6. The van der Waals surface area contributed by atoms with Crippen LogP contribution in [0.1, 0.15) is 30.9 Å². The van der Waals surface area contributed by atoms with Crippen LogP contribution in [0.2, 0.25) is 0 Å². The summed E-state index contributed by atoms with van der Waals surface area (Å²) in [5.74, 6) is 0.526. The molecule has 8 heteroatoms. The molecule has 0 radical (unpaired) electrons.